The molecule has 6 N–H and O–H groups in total. The van der Waals surface area contributed by atoms with Crippen molar-refractivity contribution >= 4 is 54.0 Å². The second-order valence-corrected chi connectivity index (χ2v) is 27.7. The van der Waals surface area contributed by atoms with Gasteiger partial charge in [-0.3, -0.25) is 29.0 Å². The standard InChI is InChI=1S/C36H50N6O7.C28H43N5O6.C8H10/c1-23(2)38-33(45)42-21-28(49-34(46)37-20-25-14-10-8-11-15-25)29-27(42)18-19-41(29)32(44)30(36(4,5)6)39-31(43)24(3)40(7)35(47)48-22-26-16-12-9-13-17-26;1-17(2)29-26(37)33-15-21(34)22-20(33)13-14-32(22)25(36)23(28(4,5)6)30-24(35)18(3)31(7)27(38)39-16-19-11-9-8-10-12-19;1-2-8-6-4-3-5-7-8/h8-17,23-24,27-30H,18-22H2,1-7H3,(H,37,46)(H,38,45)(H,39,43);8-12,17-18,20-23,34H,13-16H2,1-7H3,(H,29,37)(H,30,35);3-7H,2H2,1H3/t24-,27+,28-,29-,30+;18-,20+,21-,22-,23+;/m00./s1. The second-order valence-electron chi connectivity index (χ2n) is 27.7. The number of urea groups is 2. The summed E-state index contributed by atoms with van der Waals surface area (Å²) in [6.07, 6.45) is -1.53. The molecule has 0 radical (unpaired) electrons. The highest BCUT2D eigenvalue weighted by molar-refractivity contribution is 5.93. The summed E-state index contributed by atoms with van der Waals surface area (Å²) >= 11 is 0. The molecule has 8 rings (SSSR count). The Kier molecular flexibility index (Phi) is 27.5. The van der Waals surface area contributed by atoms with E-state index >= 15 is 0 Å². The molecule has 0 saturated carbocycles. The number of likely N-dealkylation sites (N-methyl/N-ethyl adjacent to an activating group) is 2. The molecule has 24 heteroatoms. The molecule has 4 aliphatic heterocycles. The Hall–Kier alpha value is -8.93. The molecule has 0 aliphatic carbocycles. The number of hydrogen-bond acceptors (Lipinski definition) is 13. The average molecular weight is 1330 g/mol. The fourth-order valence-electron chi connectivity index (χ4n) is 11.9. The van der Waals surface area contributed by atoms with Gasteiger partial charge in [-0.25, -0.2) is 24.0 Å². The Morgan fingerprint density at radius 3 is 1.25 bits per heavy atom. The predicted molar refractivity (Wildman–Crippen MR) is 364 cm³/mol. The van der Waals surface area contributed by atoms with Crippen LogP contribution in [0, 0.1) is 10.8 Å². The molecule has 4 heterocycles. The van der Waals surface area contributed by atoms with Gasteiger partial charge in [-0.05, 0) is 93.9 Å². The first-order valence-electron chi connectivity index (χ1n) is 33.3. The number of carbonyl (C=O) groups is 9. The van der Waals surface area contributed by atoms with Gasteiger partial charge in [-0.1, -0.05) is 170 Å². The molecule has 0 unspecified atom stereocenters. The first-order chi connectivity index (χ1) is 45.3. The number of benzene rings is 4. The van der Waals surface area contributed by atoms with Crippen molar-refractivity contribution in [3.63, 3.8) is 0 Å². The Morgan fingerprint density at radius 1 is 0.510 bits per heavy atom. The number of carbonyl (C=O) groups excluding carboxylic acids is 9. The van der Waals surface area contributed by atoms with E-state index in [9.17, 15) is 48.3 Å². The van der Waals surface area contributed by atoms with Crippen LogP contribution in [-0.2, 0) is 59.6 Å². The molecule has 0 spiro atoms. The molecule has 24 nitrogen and oxygen atoms in total. The van der Waals surface area contributed by atoms with E-state index in [1.54, 1.807) is 33.4 Å². The maximum Gasteiger partial charge on any atom is 0.410 e. The number of fused-ring (bicyclic) bond motifs is 2. The van der Waals surface area contributed by atoms with Gasteiger partial charge in [0.25, 0.3) is 0 Å². The first-order valence-corrected chi connectivity index (χ1v) is 33.3. The first kappa shape index (κ1) is 76.1. The molecule has 10 atom stereocenters. The molecule has 11 amide bonds. The van der Waals surface area contributed by atoms with Crippen LogP contribution in [0.3, 0.4) is 0 Å². The highest BCUT2D eigenvalue weighted by Crippen LogP contribution is 2.37. The van der Waals surface area contributed by atoms with Crippen LogP contribution in [0.4, 0.5) is 24.0 Å². The van der Waals surface area contributed by atoms with Crippen molar-refractivity contribution in [2.24, 2.45) is 10.8 Å². The van der Waals surface area contributed by atoms with Gasteiger partial charge in [0, 0.05) is 45.8 Å². The summed E-state index contributed by atoms with van der Waals surface area (Å²) in [6.45, 7) is 25.1. The van der Waals surface area contributed by atoms with Crippen molar-refractivity contribution in [3.05, 3.63) is 144 Å². The number of alkyl carbamates (subject to hydrolysis) is 1. The molecule has 0 bridgehead atoms. The SMILES string of the molecule is CC(C)NC(=O)N1C[C@H](O)[C@@H]2[C@H]1CCN2C(=O)[C@@H](NC(=O)[C@H](C)N(C)C(=O)OCc1ccccc1)C(C)(C)C.CC(C)NC(=O)N1C[C@H](OC(=O)NCc2ccccc2)[C@@H]2[C@H]1CCN2C(=O)[C@@H](NC(=O)[C@H](C)N(C)C(=O)OCc1ccccc1)C(C)(C)C.CCc1ccccc1. The number of ether oxygens (including phenoxy) is 3. The topological polar surface area (TPSA) is 281 Å². The molecule has 4 aliphatic rings. The molecule has 96 heavy (non-hydrogen) atoms. The zero-order valence-corrected chi connectivity index (χ0v) is 58.6. The Labute approximate surface area is 566 Å². The Balaban J connectivity index is 0.000000277. The number of β-amino-alcohol motifs (C(OH)–C–C–N with tert-alkyl or cyclic N) is 1. The molecule has 4 aromatic carbocycles. The lowest BCUT2D eigenvalue weighted by Gasteiger charge is -2.37. The van der Waals surface area contributed by atoms with E-state index < -0.39 is 95.4 Å². The minimum Gasteiger partial charge on any atom is -0.445 e. The van der Waals surface area contributed by atoms with E-state index in [0.29, 0.717) is 25.9 Å². The summed E-state index contributed by atoms with van der Waals surface area (Å²) in [5, 5.41) is 25.1. The van der Waals surface area contributed by atoms with Crippen LogP contribution in [0.15, 0.2) is 121 Å². The van der Waals surface area contributed by atoms with Crippen LogP contribution in [0.25, 0.3) is 0 Å². The van der Waals surface area contributed by atoms with Crippen LogP contribution >= 0.6 is 0 Å². The van der Waals surface area contributed by atoms with Gasteiger partial charge >= 0.3 is 30.3 Å². The van der Waals surface area contributed by atoms with Crippen molar-refractivity contribution in [1.29, 1.82) is 0 Å². The maximum absolute atomic E-state index is 14.4. The number of nitrogens with one attached hydrogen (secondary N) is 5. The Bertz CT molecular complexity index is 3220. The van der Waals surface area contributed by atoms with Gasteiger partial charge in [0.15, 0.2) is 0 Å². The number of aliphatic hydroxyl groups excluding tert-OH is 1. The summed E-state index contributed by atoms with van der Waals surface area (Å²) < 4.78 is 16.6. The highest BCUT2D eigenvalue weighted by atomic mass is 16.6. The van der Waals surface area contributed by atoms with Gasteiger partial charge in [-0.2, -0.15) is 0 Å². The van der Waals surface area contributed by atoms with E-state index in [0.717, 1.165) is 23.1 Å². The molecule has 4 aromatic rings. The van der Waals surface area contributed by atoms with Gasteiger partial charge in [0.1, 0.15) is 43.5 Å². The minimum atomic E-state index is -0.985. The van der Waals surface area contributed by atoms with Gasteiger partial charge in [-0.15, -0.1) is 0 Å². The van der Waals surface area contributed by atoms with Crippen molar-refractivity contribution in [1.82, 2.24) is 56.0 Å². The minimum absolute atomic E-state index is 0.0518. The lowest BCUT2D eigenvalue weighted by molar-refractivity contribution is -0.142. The smallest absolute Gasteiger partial charge is 0.410 e. The van der Waals surface area contributed by atoms with E-state index in [4.69, 9.17) is 14.2 Å². The summed E-state index contributed by atoms with van der Waals surface area (Å²) in [5.74, 6) is -1.71. The second kappa shape index (κ2) is 34.7. The molecule has 0 aromatic heterocycles. The zero-order chi connectivity index (χ0) is 70.8. The van der Waals surface area contributed by atoms with E-state index in [1.165, 1.54) is 29.5 Å². The van der Waals surface area contributed by atoms with Crippen molar-refractivity contribution in [3.8, 4) is 0 Å². The molecular formula is C72H103N11O13. The summed E-state index contributed by atoms with van der Waals surface area (Å²) in [7, 11) is 2.94. The number of aryl methyl sites for hydroxylation is 1. The Morgan fingerprint density at radius 2 is 0.875 bits per heavy atom. The van der Waals surface area contributed by atoms with Crippen molar-refractivity contribution < 1.29 is 62.5 Å². The molecule has 4 fully saturated rings. The number of hydrogen-bond donors (Lipinski definition) is 6. The maximum atomic E-state index is 14.4. The molecule has 4 saturated heterocycles. The van der Waals surface area contributed by atoms with Crippen molar-refractivity contribution in [2.75, 3.05) is 40.3 Å². The number of amides is 11. The van der Waals surface area contributed by atoms with E-state index in [1.807, 2.05) is 166 Å². The van der Waals surface area contributed by atoms with Crippen LogP contribution < -0.4 is 26.6 Å². The predicted octanol–water partition coefficient (Wildman–Crippen LogP) is 8.06. The van der Waals surface area contributed by atoms with Gasteiger partial charge in [0.2, 0.25) is 23.6 Å². The fraction of sp³-hybridized carbons (Fsp3) is 0.542. The number of nitrogens with zero attached hydrogens (tertiary/aromatic N) is 6. The van der Waals surface area contributed by atoms with Gasteiger partial charge in [0.05, 0.1) is 43.4 Å². The fourth-order valence-corrected chi connectivity index (χ4v) is 11.9. The van der Waals surface area contributed by atoms with E-state index in [-0.39, 0.29) is 74.9 Å². The summed E-state index contributed by atoms with van der Waals surface area (Å²) in [4.78, 5) is 128. The monoisotopic (exact) mass is 1330 g/mol. The van der Waals surface area contributed by atoms with E-state index in [2.05, 4.69) is 57.8 Å². The van der Waals surface area contributed by atoms with Crippen LogP contribution in [0.2, 0.25) is 0 Å². The lowest BCUT2D eigenvalue weighted by atomic mass is 9.85. The lowest BCUT2D eigenvalue weighted by Crippen LogP contribution is -2.60. The van der Waals surface area contributed by atoms with Crippen LogP contribution in [0.5, 0.6) is 0 Å². The van der Waals surface area contributed by atoms with Crippen LogP contribution in [-0.4, -0.2) is 201 Å². The van der Waals surface area contributed by atoms with Gasteiger partial charge < -0.3 is 65.5 Å². The third-order valence-electron chi connectivity index (χ3n) is 17.6. The normalized spacial score (nSPS) is 19.9. The largest absolute Gasteiger partial charge is 0.445 e. The number of rotatable bonds is 18. The van der Waals surface area contributed by atoms with Crippen LogP contribution in [0.1, 0.15) is 125 Å². The number of likely N-dealkylation sites (tertiary alicyclic amines) is 4. The quantitative estimate of drug-likeness (QED) is 0.0515. The third-order valence-corrected chi connectivity index (χ3v) is 17.6. The third kappa shape index (κ3) is 20.8. The number of aliphatic hydroxyl groups is 1. The summed E-state index contributed by atoms with van der Waals surface area (Å²) in [5.41, 5.74) is 2.56. The molecule has 524 valence electrons. The highest BCUT2D eigenvalue weighted by Gasteiger charge is 2.56. The van der Waals surface area contributed by atoms with Crippen molar-refractivity contribution in [2.45, 2.75) is 202 Å². The molecular weight excluding hydrogens is 1230 g/mol. The zero-order valence-electron chi connectivity index (χ0n) is 58.6. The average Bonchev–Trinajstić information content (AvgIpc) is 1.60. The summed E-state index contributed by atoms with van der Waals surface area (Å²) in [6, 6.07) is 32.0.